The van der Waals surface area contributed by atoms with Gasteiger partial charge in [0.05, 0.1) is 11.1 Å². The number of aryl methyl sites for hydroxylation is 2. The van der Waals surface area contributed by atoms with Crippen molar-refractivity contribution in [3.05, 3.63) is 70.3 Å². The van der Waals surface area contributed by atoms with E-state index in [-0.39, 0.29) is 29.2 Å². The van der Waals surface area contributed by atoms with E-state index in [1.807, 2.05) is 39.8 Å². The van der Waals surface area contributed by atoms with Crippen LogP contribution in [-0.4, -0.2) is 41.1 Å². The highest BCUT2D eigenvalue weighted by Gasteiger charge is 2.43. The van der Waals surface area contributed by atoms with Gasteiger partial charge in [-0.05, 0) is 49.9 Å². The molecule has 1 atom stereocenters. The lowest BCUT2D eigenvalue weighted by atomic mass is 10.0. The third-order valence-corrected chi connectivity index (χ3v) is 5.14. The van der Waals surface area contributed by atoms with Crippen molar-refractivity contribution in [1.82, 2.24) is 4.90 Å². The molecule has 2 aromatic carbocycles. The van der Waals surface area contributed by atoms with Crippen molar-refractivity contribution < 1.29 is 23.9 Å². The average molecular weight is 407 g/mol. The second kappa shape index (κ2) is 8.61. The number of Topliss-reactive ketones (excluding diaryl/α,β-unsaturated/α-hetero) is 1. The number of imide groups is 1. The van der Waals surface area contributed by atoms with Crippen LogP contribution in [0.15, 0.2) is 42.5 Å². The molecule has 0 radical (unpaired) electrons. The molecule has 2 amide bonds. The van der Waals surface area contributed by atoms with Crippen LogP contribution >= 0.6 is 0 Å². The summed E-state index contributed by atoms with van der Waals surface area (Å²) in [5.41, 5.74) is 2.76. The third-order valence-electron chi connectivity index (χ3n) is 5.14. The van der Waals surface area contributed by atoms with Crippen LogP contribution in [0.3, 0.4) is 0 Å². The normalized spacial score (nSPS) is 14.1. The van der Waals surface area contributed by atoms with Gasteiger partial charge in [-0.1, -0.05) is 43.7 Å². The number of amides is 2. The number of hydrogen-bond donors (Lipinski definition) is 0. The SMILES string of the molecule is Cc1ccc(C)c(C(=O)COC(=O)C(CC(C)C)N2C(=O)c3ccccc3C2=O)c1. The molecule has 0 aliphatic carbocycles. The molecule has 1 heterocycles. The van der Waals surface area contributed by atoms with E-state index in [0.717, 1.165) is 16.0 Å². The molecular weight excluding hydrogens is 382 g/mol. The fraction of sp³-hybridized carbons (Fsp3) is 0.333. The van der Waals surface area contributed by atoms with Gasteiger partial charge in [-0.25, -0.2) is 4.79 Å². The molecule has 156 valence electrons. The van der Waals surface area contributed by atoms with Crippen molar-refractivity contribution in [1.29, 1.82) is 0 Å². The van der Waals surface area contributed by atoms with E-state index in [0.29, 0.717) is 5.56 Å². The standard InChI is InChI=1S/C24H25NO5/c1-14(2)11-20(25-22(27)17-7-5-6-8-18(17)23(25)28)24(29)30-13-21(26)19-12-15(3)9-10-16(19)4/h5-10,12,14,20H,11,13H2,1-4H3. The summed E-state index contributed by atoms with van der Waals surface area (Å²) in [4.78, 5) is 52.0. The van der Waals surface area contributed by atoms with E-state index in [2.05, 4.69) is 0 Å². The zero-order valence-corrected chi connectivity index (χ0v) is 17.6. The van der Waals surface area contributed by atoms with Crippen molar-refractivity contribution >= 4 is 23.6 Å². The number of rotatable bonds is 7. The quantitative estimate of drug-likeness (QED) is 0.397. The Morgan fingerprint density at radius 3 is 2.13 bits per heavy atom. The van der Waals surface area contributed by atoms with Gasteiger partial charge in [-0.15, -0.1) is 0 Å². The smallest absolute Gasteiger partial charge is 0.329 e. The van der Waals surface area contributed by atoms with E-state index in [9.17, 15) is 19.2 Å². The molecular formula is C24H25NO5. The predicted molar refractivity (Wildman–Crippen MR) is 111 cm³/mol. The summed E-state index contributed by atoms with van der Waals surface area (Å²) in [6.45, 7) is 7.03. The fourth-order valence-corrected chi connectivity index (χ4v) is 3.59. The molecule has 30 heavy (non-hydrogen) atoms. The monoisotopic (exact) mass is 407 g/mol. The van der Waals surface area contributed by atoms with Crippen LogP contribution in [-0.2, 0) is 9.53 Å². The predicted octanol–water partition coefficient (Wildman–Crippen LogP) is 3.74. The average Bonchev–Trinajstić information content (AvgIpc) is 2.96. The van der Waals surface area contributed by atoms with Crippen LogP contribution < -0.4 is 0 Å². The highest BCUT2D eigenvalue weighted by atomic mass is 16.5. The van der Waals surface area contributed by atoms with E-state index in [4.69, 9.17) is 4.74 Å². The van der Waals surface area contributed by atoms with Gasteiger partial charge < -0.3 is 4.74 Å². The molecule has 3 rings (SSSR count). The molecule has 0 spiro atoms. The van der Waals surface area contributed by atoms with Gasteiger partial charge in [0.15, 0.2) is 6.61 Å². The molecule has 1 aliphatic rings. The number of ether oxygens (including phenoxy) is 1. The molecule has 2 aromatic rings. The Hall–Kier alpha value is -3.28. The number of ketones is 1. The number of fused-ring (bicyclic) bond motifs is 1. The Bertz CT molecular complexity index is 989. The topological polar surface area (TPSA) is 80.8 Å². The van der Waals surface area contributed by atoms with Gasteiger partial charge >= 0.3 is 5.97 Å². The van der Waals surface area contributed by atoms with Crippen LogP contribution in [0.4, 0.5) is 0 Å². The minimum Gasteiger partial charge on any atom is -0.456 e. The molecule has 0 aromatic heterocycles. The largest absolute Gasteiger partial charge is 0.456 e. The van der Waals surface area contributed by atoms with Crippen LogP contribution in [0.2, 0.25) is 0 Å². The second-order valence-electron chi connectivity index (χ2n) is 8.02. The number of carbonyl (C=O) groups is 4. The zero-order chi connectivity index (χ0) is 22.0. The Morgan fingerprint density at radius 2 is 1.57 bits per heavy atom. The molecule has 1 aliphatic heterocycles. The number of hydrogen-bond acceptors (Lipinski definition) is 5. The van der Waals surface area contributed by atoms with Crippen molar-refractivity contribution in [2.75, 3.05) is 6.61 Å². The molecule has 6 heteroatoms. The summed E-state index contributed by atoms with van der Waals surface area (Å²) in [7, 11) is 0. The Labute approximate surface area is 175 Å². The first kappa shape index (κ1) is 21.4. The van der Waals surface area contributed by atoms with Gasteiger partial charge in [-0.2, -0.15) is 0 Å². The number of esters is 1. The van der Waals surface area contributed by atoms with E-state index in [1.165, 1.54) is 0 Å². The molecule has 0 bridgehead atoms. The Balaban J connectivity index is 1.79. The van der Waals surface area contributed by atoms with Gasteiger partial charge in [0.25, 0.3) is 11.8 Å². The van der Waals surface area contributed by atoms with Crippen molar-refractivity contribution in [3.8, 4) is 0 Å². The maximum atomic E-state index is 12.9. The second-order valence-corrected chi connectivity index (χ2v) is 8.02. The van der Waals surface area contributed by atoms with Crippen LogP contribution in [0.25, 0.3) is 0 Å². The first-order valence-electron chi connectivity index (χ1n) is 9.94. The summed E-state index contributed by atoms with van der Waals surface area (Å²) < 4.78 is 5.29. The summed E-state index contributed by atoms with van der Waals surface area (Å²) in [5.74, 6) is -2.08. The minimum absolute atomic E-state index is 0.0292. The van der Waals surface area contributed by atoms with Crippen LogP contribution in [0.1, 0.15) is 62.5 Å². The third kappa shape index (κ3) is 4.17. The summed E-state index contributed by atoms with van der Waals surface area (Å²) in [6, 6.07) is 10.9. The lowest BCUT2D eigenvalue weighted by Crippen LogP contribution is -2.46. The lowest BCUT2D eigenvalue weighted by molar-refractivity contribution is -0.147. The summed E-state index contributed by atoms with van der Waals surface area (Å²) in [6.07, 6.45) is 0.252. The fourth-order valence-electron chi connectivity index (χ4n) is 3.59. The summed E-state index contributed by atoms with van der Waals surface area (Å²) in [5, 5.41) is 0. The molecule has 6 nitrogen and oxygen atoms in total. The van der Waals surface area contributed by atoms with Gasteiger partial charge in [-0.3, -0.25) is 19.3 Å². The Kier molecular flexibility index (Phi) is 6.15. The van der Waals surface area contributed by atoms with Crippen molar-refractivity contribution in [3.63, 3.8) is 0 Å². The summed E-state index contributed by atoms with van der Waals surface area (Å²) >= 11 is 0. The maximum Gasteiger partial charge on any atom is 0.329 e. The van der Waals surface area contributed by atoms with Gasteiger partial charge in [0, 0.05) is 5.56 Å². The van der Waals surface area contributed by atoms with Crippen molar-refractivity contribution in [2.45, 2.75) is 40.2 Å². The molecule has 0 saturated heterocycles. The zero-order valence-electron chi connectivity index (χ0n) is 17.6. The highest BCUT2D eigenvalue weighted by Crippen LogP contribution is 2.27. The van der Waals surface area contributed by atoms with Crippen LogP contribution in [0, 0.1) is 19.8 Å². The first-order valence-corrected chi connectivity index (χ1v) is 9.94. The highest BCUT2D eigenvalue weighted by molar-refractivity contribution is 6.22. The number of carbonyl (C=O) groups excluding carboxylic acids is 4. The van der Waals surface area contributed by atoms with Gasteiger partial charge in [0.2, 0.25) is 5.78 Å². The van der Waals surface area contributed by atoms with E-state index in [1.54, 1.807) is 30.3 Å². The maximum absolute atomic E-state index is 12.9. The van der Waals surface area contributed by atoms with E-state index < -0.39 is 30.4 Å². The first-order chi connectivity index (χ1) is 14.2. The Morgan fingerprint density at radius 1 is 0.967 bits per heavy atom. The van der Waals surface area contributed by atoms with Crippen LogP contribution in [0.5, 0.6) is 0 Å². The lowest BCUT2D eigenvalue weighted by Gasteiger charge is -2.25. The molecule has 1 unspecified atom stereocenters. The number of nitrogens with zero attached hydrogens (tertiary/aromatic N) is 1. The molecule has 0 saturated carbocycles. The molecule has 0 fully saturated rings. The molecule has 0 N–H and O–H groups in total. The van der Waals surface area contributed by atoms with E-state index >= 15 is 0 Å². The van der Waals surface area contributed by atoms with Crippen molar-refractivity contribution in [2.24, 2.45) is 5.92 Å². The van der Waals surface area contributed by atoms with Gasteiger partial charge in [0.1, 0.15) is 6.04 Å². The number of benzene rings is 2. The minimum atomic E-state index is -1.08.